The van der Waals surface area contributed by atoms with Gasteiger partial charge in [-0.3, -0.25) is 9.35 Å². The molecule has 0 aromatic rings. The van der Waals surface area contributed by atoms with Crippen LogP contribution in [0.1, 0.15) is 194 Å². The van der Waals surface area contributed by atoms with Gasteiger partial charge in [-0.25, -0.2) is 8.42 Å². The first-order valence-corrected chi connectivity index (χ1v) is 23.8. The number of nitrogens with one attached hydrogen (secondary N) is 1. The van der Waals surface area contributed by atoms with Gasteiger partial charge in [0.15, 0.2) is 0 Å². The summed E-state index contributed by atoms with van der Waals surface area (Å²) in [5.74, 6) is -1.46. The molecule has 53 heavy (non-hydrogen) atoms. The van der Waals surface area contributed by atoms with E-state index in [2.05, 4.69) is 48.5 Å². The number of carbonyl (C=O) groups excluding carboxylic acids is 1. The van der Waals surface area contributed by atoms with Crippen LogP contribution in [-0.4, -0.2) is 100 Å². The number of hydrogen-bond donors (Lipinski definition) is 2. The molecule has 0 bridgehead atoms. The Morgan fingerprint density at radius 3 is 1.32 bits per heavy atom. The fourth-order valence-electron chi connectivity index (χ4n) is 5.47. The Morgan fingerprint density at radius 1 is 0.585 bits per heavy atom. The maximum atomic E-state index is 11.5. The Labute approximate surface area is 355 Å². The van der Waals surface area contributed by atoms with Crippen LogP contribution < -0.4 is 10.4 Å². The molecular formula is C40H76CaN2O8S2. The average molecular weight is 817 g/mol. The normalized spacial score (nSPS) is 12.2. The topological polar surface area (TPSA) is 176 Å². The molecule has 0 fully saturated rings. The molecule has 10 nitrogen and oxygen atoms in total. The Hall–Kier alpha value is -0.500. The van der Waals surface area contributed by atoms with Gasteiger partial charge in [0.2, 0.25) is 5.91 Å². The van der Waals surface area contributed by atoms with Crippen LogP contribution in [0, 0.1) is 0 Å². The van der Waals surface area contributed by atoms with Crippen molar-refractivity contribution < 1.29 is 35.8 Å². The summed E-state index contributed by atoms with van der Waals surface area (Å²) in [6.07, 6.45) is 41.4. The number of rotatable bonds is 36. The van der Waals surface area contributed by atoms with Gasteiger partial charge < -0.3 is 20.0 Å². The molecular weight excluding hydrogens is 741 g/mol. The minimum Gasteiger partial charge on any atom is -0.862 e. The van der Waals surface area contributed by atoms with Gasteiger partial charge in [0.25, 0.3) is 10.1 Å². The van der Waals surface area contributed by atoms with E-state index < -0.39 is 31.7 Å². The van der Waals surface area contributed by atoms with E-state index in [9.17, 15) is 31.3 Å². The van der Waals surface area contributed by atoms with Crippen LogP contribution in [0.2, 0.25) is 0 Å². The van der Waals surface area contributed by atoms with Gasteiger partial charge in [0.05, 0.1) is 28.2 Å². The van der Waals surface area contributed by atoms with Crippen molar-refractivity contribution in [2.24, 2.45) is 4.99 Å². The fourth-order valence-corrected chi connectivity index (χ4v) is 6.15. The van der Waals surface area contributed by atoms with Crippen molar-refractivity contribution >= 4 is 69.8 Å². The Balaban J connectivity index is -0.000000926. The second kappa shape index (κ2) is 42.6. The van der Waals surface area contributed by atoms with Gasteiger partial charge in [0.1, 0.15) is 0 Å². The van der Waals surface area contributed by atoms with Crippen LogP contribution >= 0.6 is 0 Å². The van der Waals surface area contributed by atoms with Crippen molar-refractivity contribution in [2.75, 3.05) is 24.6 Å². The van der Waals surface area contributed by atoms with Crippen molar-refractivity contribution in [3.63, 3.8) is 0 Å². The zero-order valence-corrected chi connectivity index (χ0v) is 37.6. The van der Waals surface area contributed by atoms with E-state index >= 15 is 0 Å². The summed E-state index contributed by atoms with van der Waals surface area (Å²) >= 11 is 0. The van der Waals surface area contributed by atoms with Gasteiger partial charge in [0, 0.05) is 13.0 Å². The largest absolute Gasteiger partial charge is 2.00 e. The standard InChI is InChI=1S/2C20H39NO4S.Ca/c2*1-2-3-4-5-6-7-8-9-10-11-12-13-14-15-16-17-20(22)21-18-19-26(23,24)25;/h2*9-10H,2-8,11-19H2,1H3,(H,21,22)(H,23,24,25);/q;;+2/p-2/b2*10-9+;. The summed E-state index contributed by atoms with van der Waals surface area (Å²) in [4.78, 5) is 15.1. The van der Waals surface area contributed by atoms with E-state index in [1.807, 2.05) is 0 Å². The Morgan fingerprint density at radius 2 is 0.943 bits per heavy atom. The maximum absolute atomic E-state index is 11.5. The minimum atomic E-state index is -4.27. The predicted molar refractivity (Wildman–Crippen MR) is 221 cm³/mol. The number of hydrogen-bond acceptors (Lipinski definition) is 8. The van der Waals surface area contributed by atoms with Crippen molar-refractivity contribution in [3.8, 4) is 0 Å². The summed E-state index contributed by atoms with van der Waals surface area (Å²) in [7, 11) is -8.26. The van der Waals surface area contributed by atoms with Crippen molar-refractivity contribution in [2.45, 2.75) is 194 Å². The molecule has 2 N–H and O–H groups in total. The van der Waals surface area contributed by atoms with Gasteiger partial charge >= 0.3 is 37.7 Å². The average Bonchev–Trinajstić information content (AvgIpc) is 3.07. The SMILES string of the molecule is CCCCCCCC/C=C/CCCCCCCC(=O)NCCS(=O)(=O)O.CCCCCCCC/C=C/CCCCCCCC([O-])=NCCS(=O)(=O)[O-].[Ca+2]. The molecule has 0 aliphatic carbocycles. The molecule has 0 spiro atoms. The zero-order chi connectivity index (χ0) is 39.0. The van der Waals surface area contributed by atoms with Gasteiger partial charge in [-0.15, -0.1) is 0 Å². The Bertz CT molecular complexity index is 1110. The molecule has 1 amide bonds. The number of amides is 1. The monoisotopic (exact) mass is 816 g/mol. The molecule has 0 atom stereocenters. The van der Waals surface area contributed by atoms with Gasteiger partial charge in [-0.2, -0.15) is 8.42 Å². The van der Waals surface area contributed by atoms with Crippen LogP contribution in [0.25, 0.3) is 0 Å². The first kappa shape index (κ1) is 56.8. The van der Waals surface area contributed by atoms with E-state index in [-0.39, 0.29) is 62.6 Å². The molecule has 0 aliphatic rings. The van der Waals surface area contributed by atoms with E-state index in [0.29, 0.717) is 12.8 Å². The van der Waals surface area contributed by atoms with E-state index in [0.717, 1.165) is 51.4 Å². The molecule has 0 unspecified atom stereocenters. The molecule has 0 saturated heterocycles. The molecule has 0 rings (SSSR count). The molecule has 308 valence electrons. The summed E-state index contributed by atoms with van der Waals surface area (Å²) < 4.78 is 60.8. The Kier molecular flexibility index (Phi) is 45.7. The number of unbranched alkanes of at least 4 members (excludes halogenated alkanes) is 22. The molecule has 0 radical (unpaired) electrons. The second-order valence-corrected chi connectivity index (χ2v) is 16.9. The summed E-state index contributed by atoms with van der Waals surface area (Å²) in [5.41, 5.74) is 0. The third kappa shape index (κ3) is 55.9. The van der Waals surface area contributed by atoms with Gasteiger partial charge in [-0.05, 0) is 76.5 Å². The van der Waals surface area contributed by atoms with Crippen molar-refractivity contribution in [1.29, 1.82) is 0 Å². The molecule has 0 aromatic heterocycles. The fraction of sp³-hybridized carbons (Fsp3) is 0.850. The maximum Gasteiger partial charge on any atom is 2.00 e. The van der Waals surface area contributed by atoms with Crippen LogP contribution in [0.3, 0.4) is 0 Å². The molecule has 0 aliphatic heterocycles. The first-order valence-electron chi connectivity index (χ1n) is 20.6. The first-order chi connectivity index (χ1) is 24.9. The van der Waals surface area contributed by atoms with Gasteiger partial charge in [-0.1, -0.05) is 141 Å². The predicted octanol–water partition coefficient (Wildman–Crippen LogP) is 8.98. The molecule has 13 heteroatoms. The second-order valence-electron chi connectivity index (χ2n) is 13.8. The number of carbonyl (C=O) groups is 1. The minimum absolute atomic E-state index is 0. The van der Waals surface area contributed by atoms with Crippen LogP contribution in [0.4, 0.5) is 0 Å². The quantitative estimate of drug-likeness (QED) is 0.0157. The molecule has 0 saturated carbocycles. The number of allylic oxidation sites excluding steroid dienone is 4. The third-order valence-corrected chi connectivity index (χ3v) is 10.0. The van der Waals surface area contributed by atoms with Crippen molar-refractivity contribution in [1.82, 2.24) is 5.32 Å². The van der Waals surface area contributed by atoms with Crippen LogP contribution in [-0.2, 0) is 25.0 Å². The molecule has 0 heterocycles. The summed E-state index contributed by atoms with van der Waals surface area (Å²) in [6.45, 7) is 4.25. The van der Waals surface area contributed by atoms with E-state index in [1.54, 1.807) is 0 Å². The summed E-state index contributed by atoms with van der Waals surface area (Å²) in [6, 6.07) is 0. The smallest absolute Gasteiger partial charge is 0.862 e. The summed E-state index contributed by atoms with van der Waals surface area (Å²) in [5, 5.41) is 13.9. The van der Waals surface area contributed by atoms with Crippen molar-refractivity contribution in [3.05, 3.63) is 24.3 Å². The third-order valence-electron chi connectivity index (χ3n) is 8.63. The van der Waals surface area contributed by atoms with Crippen LogP contribution in [0.15, 0.2) is 29.3 Å². The van der Waals surface area contributed by atoms with Crippen LogP contribution in [0.5, 0.6) is 0 Å². The molecule has 0 aromatic carbocycles. The van der Waals surface area contributed by atoms with E-state index in [4.69, 9.17) is 4.55 Å². The van der Waals surface area contributed by atoms with E-state index in [1.165, 1.54) is 116 Å². The zero-order valence-electron chi connectivity index (χ0n) is 33.7. The number of nitrogens with zero attached hydrogens (tertiary/aromatic N) is 1. The number of aliphatic imine (C=N–C) groups is 1.